The highest BCUT2D eigenvalue weighted by atomic mass is 32.2. The zero-order valence-corrected chi connectivity index (χ0v) is 19.0. The molecular formula is C21H25N5O2S2. The number of rotatable bonds is 6. The largest absolute Gasteiger partial charge is 0.410 e. The van der Waals surface area contributed by atoms with E-state index in [1.165, 1.54) is 28.7 Å². The minimum absolute atomic E-state index is 0.115. The normalized spacial score (nSPS) is 16.0. The fraction of sp³-hybridized carbons (Fsp3) is 0.429. The first kappa shape index (κ1) is 21.0. The van der Waals surface area contributed by atoms with Gasteiger partial charge in [-0.2, -0.15) is 0 Å². The maximum absolute atomic E-state index is 12.9. The molecule has 1 fully saturated rings. The van der Waals surface area contributed by atoms with Gasteiger partial charge in [0.2, 0.25) is 5.91 Å². The summed E-state index contributed by atoms with van der Waals surface area (Å²) < 4.78 is 5.79. The number of aryl methyl sites for hydroxylation is 2. The van der Waals surface area contributed by atoms with Gasteiger partial charge in [0, 0.05) is 32.7 Å². The van der Waals surface area contributed by atoms with E-state index < -0.39 is 0 Å². The molecule has 3 heterocycles. The van der Waals surface area contributed by atoms with Crippen LogP contribution in [0.3, 0.4) is 0 Å². The Labute approximate surface area is 184 Å². The maximum Gasteiger partial charge on any atom is 0.277 e. The molecule has 30 heavy (non-hydrogen) atoms. The second kappa shape index (κ2) is 9.28. The fourth-order valence-corrected chi connectivity index (χ4v) is 5.11. The Balaban J connectivity index is 1.30. The summed E-state index contributed by atoms with van der Waals surface area (Å²) in [7, 11) is 0. The molecule has 0 aliphatic carbocycles. The van der Waals surface area contributed by atoms with Gasteiger partial charge in [0.05, 0.1) is 16.0 Å². The van der Waals surface area contributed by atoms with Crippen molar-refractivity contribution in [2.24, 2.45) is 0 Å². The molecule has 7 nitrogen and oxygen atoms in total. The summed E-state index contributed by atoms with van der Waals surface area (Å²) >= 11 is 2.85. The molecule has 4 rings (SSSR count). The SMILES string of the molecule is Cc1nc(C)c(-c2nnc(SC(C)C(=O)N3CCN(Cc4ccccc4)CC3)o2)s1. The molecule has 0 saturated carbocycles. The lowest BCUT2D eigenvalue weighted by Gasteiger charge is -2.35. The first-order valence-electron chi connectivity index (χ1n) is 9.99. The number of piperazine rings is 1. The predicted octanol–water partition coefficient (Wildman–Crippen LogP) is 3.63. The van der Waals surface area contributed by atoms with Crippen molar-refractivity contribution in [2.45, 2.75) is 37.8 Å². The zero-order chi connectivity index (χ0) is 21.1. The van der Waals surface area contributed by atoms with Crippen LogP contribution in [-0.4, -0.2) is 62.3 Å². The summed E-state index contributed by atoms with van der Waals surface area (Å²) in [5.74, 6) is 0.582. The van der Waals surface area contributed by atoms with Gasteiger partial charge in [-0.05, 0) is 26.3 Å². The summed E-state index contributed by atoms with van der Waals surface area (Å²) in [4.78, 5) is 22.5. The van der Waals surface area contributed by atoms with Crippen LogP contribution in [0.2, 0.25) is 0 Å². The lowest BCUT2D eigenvalue weighted by Crippen LogP contribution is -2.50. The third-order valence-electron chi connectivity index (χ3n) is 5.06. The Morgan fingerprint density at radius 3 is 2.57 bits per heavy atom. The number of amides is 1. The molecule has 158 valence electrons. The van der Waals surface area contributed by atoms with E-state index in [1.807, 2.05) is 31.7 Å². The van der Waals surface area contributed by atoms with Crippen molar-refractivity contribution in [1.82, 2.24) is 25.0 Å². The summed E-state index contributed by atoms with van der Waals surface area (Å²) in [5, 5.41) is 9.36. The summed E-state index contributed by atoms with van der Waals surface area (Å²) in [6.45, 7) is 9.95. The number of thiazole rings is 1. The number of thioether (sulfide) groups is 1. The van der Waals surface area contributed by atoms with Crippen LogP contribution in [0.15, 0.2) is 40.0 Å². The van der Waals surface area contributed by atoms with Crippen molar-refractivity contribution in [3.05, 3.63) is 46.6 Å². The van der Waals surface area contributed by atoms with Gasteiger partial charge in [-0.1, -0.05) is 42.1 Å². The first-order chi connectivity index (χ1) is 14.5. The highest BCUT2D eigenvalue weighted by molar-refractivity contribution is 8.00. The fourth-order valence-electron chi connectivity index (χ4n) is 3.51. The first-order valence-corrected chi connectivity index (χ1v) is 11.7. The van der Waals surface area contributed by atoms with Crippen LogP contribution in [0.25, 0.3) is 10.8 Å². The van der Waals surface area contributed by atoms with E-state index >= 15 is 0 Å². The maximum atomic E-state index is 12.9. The summed E-state index contributed by atoms with van der Waals surface area (Å²) in [5.41, 5.74) is 2.19. The van der Waals surface area contributed by atoms with Crippen molar-refractivity contribution < 1.29 is 9.21 Å². The predicted molar refractivity (Wildman–Crippen MR) is 118 cm³/mol. The van der Waals surface area contributed by atoms with E-state index in [-0.39, 0.29) is 11.2 Å². The number of nitrogens with zero attached hydrogens (tertiary/aromatic N) is 5. The minimum atomic E-state index is -0.275. The third-order valence-corrected chi connectivity index (χ3v) is 7.05. The van der Waals surface area contributed by atoms with Crippen molar-refractivity contribution >= 4 is 29.0 Å². The number of carbonyl (C=O) groups excluding carboxylic acids is 1. The summed E-state index contributed by atoms with van der Waals surface area (Å²) in [6, 6.07) is 10.4. The van der Waals surface area contributed by atoms with Crippen molar-refractivity contribution in [2.75, 3.05) is 26.2 Å². The quantitative estimate of drug-likeness (QED) is 0.539. The van der Waals surface area contributed by atoms with Gasteiger partial charge in [-0.15, -0.1) is 21.5 Å². The molecule has 0 radical (unpaired) electrons. The van der Waals surface area contributed by atoms with Gasteiger partial charge in [0.25, 0.3) is 11.1 Å². The van der Waals surface area contributed by atoms with E-state index in [9.17, 15) is 4.79 Å². The topological polar surface area (TPSA) is 75.4 Å². The standard InChI is InChI=1S/C21H25N5O2S2/c1-14-18(30-16(3)22-14)19-23-24-21(28-19)29-15(2)20(27)26-11-9-25(10-12-26)13-17-7-5-4-6-8-17/h4-8,15H,9-13H2,1-3H3. The van der Waals surface area contributed by atoms with Crippen molar-refractivity contribution in [3.63, 3.8) is 0 Å². The van der Waals surface area contributed by atoms with Gasteiger partial charge in [0.15, 0.2) is 0 Å². The van der Waals surface area contributed by atoms with Gasteiger partial charge in [0.1, 0.15) is 4.88 Å². The number of hydrogen-bond acceptors (Lipinski definition) is 8. The molecular weight excluding hydrogens is 418 g/mol. The van der Waals surface area contributed by atoms with Crippen molar-refractivity contribution in [1.29, 1.82) is 0 Å². The molecule has 0 spiro atoms. The Morgan fingerprint density at radius 2 is 1.90 bits per heavy atom. The molecule has 1 unspecified atom stereocenters. The summed E-state index contributed by atoms with van der Waals surface area (Å²) in [6.07, 6.45) is 0. The Morgan fingerprint density at radius 1 is 1.17 bits per heavy atom. The van der Waals surface area contributed by atoms with Crippen LogP contribution >= 0.6 is 23.1 Å². The van der Waals surface area contributed by atoms with Crippen LogP contribution < -0.4 is 0 Å². The van der Waals surface area contributed by atoms with Crippen LogP contribution in [0.1, 0.15) is 23.2 Å². The van der Waals surface area contributed by atoms with Crippen LogP contribution in [0, 0.1) is 13.8 Å². The molecule has 1 saturated heterocycles. The van der Waals surface area contributed by atoms with E-state index in [0.717, 1.165) is 48.3 Å². The Bertz CT molecular complexity index is 996. The minimum Gasteiger partial charge on any atom is -0.410 e. The van der Waals surface area contributed by atoms with Gasteiger partial charge >= 0.3 is 0 Å². The van der Waals surface area contributed by atoms with Gasteiger partial charge < -0.3 is 9.32 Å². The third kappa shape index (κ3) is 4.91. The highest BCUT2D eigenvalue weighted by Gasteiger charge is 2.27. The Hall–Kier alpha value is -2.23. The average molecular weight is 444 g/mol. The lowest BCUT2D eigenvalue weighted by molar-refractivity contribution is -0.132. The lowest BCUT2D eigenvalue weighted by atomic mass is 10.2. The molecule has 1 aliphatic heterocycles. The second-order valence-corrected chi connectivity index (χ2v) is 9.86. The molecule has 1 atom stereocenters. The molecule has 9 heteroatoms. The molecule has 1 aliphatic rings. The molecule has 1 amide bonds. The van der Waals surface area contributed by atoms with Crippen LogP contribution in [0.4, 0.5) is 0 Å². The number of hydrogen-bond donors (Lipinski definition) is 0. The highest BCUT2D eigenvalue weighted by Crippen LogP contribution is 2.32. The van der Waals surface area contributed by atoms with Gasteiger partial charge in [-0.3, -0.25) is 9.69 Å². The van der Waals surface area contributed by atoms with E-state index in [4.69, 9.17) is 4.42 Å². The van der Waals surface area contributed by atoms with Crippen molar-refractivity contribution in [3.8, 4) is 10.8 Å². The van der Waals surface area contributed by atoms with Gasteiger partial charge in [-0.25, -0.2) is 4.98 Å². The molecule has 0 bridgehead atoms. The molecule has 1 aromatic carbocycles. The number of carbonyl (C=O) groups is 1. The molecule has 3 aromatic rings. The number of aromatic nitrogens is 3. The van der Waals surface area contributed by atoms with Crippen LogP contribution in [0.5, 0.6) is 0 Å². The average Bonchev–Trinajstić information content (AvgIpc) is 3.34. The van der Waals surface area contributed by atoms with Crippen LogP contribution in [-0.2, 0) is 11.3 Å². The number of benzene rings is 1. The Kier molecular flexibility index (Phi) is 6.50. The van der Waals surface area contributed by atoms with E-state index in [0.29, 0.717) is 11.1 Å². The van der Waals surface area contributed by atoms with E-state index in [1.54, 1.807) is 0 Å². The zero-order valence-electron chi connectivity index (χ0n) is 17.4. The monoisotopic (exact) mass is 443 g/mol. The smallest absolute Gasteiger partial charge is 0.277 e. The van der Waals surface area contributed by atoms with E-state index in [2.05, 4.69) is 44.3 Å². The molecule has 0 N–H and O–H groups in total. The molecule has 2 aromatic heterocycles. The second-order valence-electron chi connectivity index (χ2n) is 7.37.